The summed E-state index contributed by atoms with van der Waals surface area (Å²) in [5.41, 5.74) is 1.35. The van der Waals surface area contributed by atoms with Gasteiger partial charge in [-0.15, -0.1) is 0 Å². The molecule has 1 saturated heterocycles. The number of likely N-dealkylation sites (N-methyl/N-ethyl adjacent to an activating group) is 1. The van der Waals surface area contributed by atoms with Crippen LogP contribution < -0.4 is 5.32 Å². The van der Waals surface area contributed by atoms with Crippen molar-refractivity contribution in [2.45, 2.75) is 51.6 Å². The maximum absolute atomic E-state index is 12.9. The standard InChI is InChI=1S/C20H27N3O3/c1-14-8-4-5-10-16(14)12-22(3)17(24)13-23-18(25)20(21-19(23)26)11-7-6-9-15(20)2/h4-5,8,10,15H,6-7,9,11-13H2,1-3H3,(H,21,26)/t15-,20+/m1/s1. The number of nitrogens with one attached hydrogen (secondary N) is 1. The van der Waals surface area contributed by atoms with Crippen molar-refractivity contribution in [3.63, 3.8) is 0 Å². The molecule has 6 heteroatoms. The van der Waals surface area contributed by atoms with E-state index in [2.05, 4.69) is 5.32 Å². The van der Waals surface area contributed by atoms with Gasteiger partial charge in [0.05, 0.1) is 0 Å². The van der Waals surface area contributed by atoms with Crippen LogP contribution in [0.25, 0.3) is 0 Å². The smallest absolute Gasteiger partial charge is 0.325 e. The van der Waals surface area contributed by atoms with E-state index in [4.69, 9.17) is 0 Å². The lowest BCUT2D eigenvalue weighted by atomic mass is 9.73. The predicted octanol–water partition coefficient (Wildman–Crippen LogP) is 2.45. The number of imide groups is 1. The van der Waals surface area contributed by atoms with E-state index in [-0.39, 0.29) is 24.3 Å². The molecule has 2 atom stereocenters. The largest absolute Gasteiger partial charge is 0.340 e. The minimum absolute atomic E-state index is 0.0949. The first-order valence-electron chi connectivity index (χ1n) is 9.28. The number of carbonyl (C=O) groups excluding carboxylic acids is 3. The van der Waals surface area contributed by atoms with Gasteiger partial charge in [0.1, 0.15) is 12.1 Å². The molecule has 0 aromatic heterocycles. The van der Waals surface area contributed by atoms with Gasteiger partial charge in [-0.2, -0.15) is 0 Å². The van der Waals surface area contributed by atoms with Gasteiger partial charge >= 0.3 is 6.03 Å². The highest BCUT2D eigenvalue weighted by Crippen LogP contribution is 2.38. The summed E-state index contributed by atoms with van der Waals surface area (Å²) < 4.78 is 0. The fraction of sp³-hybridized carbons (Fsp3) is 0.550. The zero-order valence-electron chi connectivity index (χ0n) is 15.7. The molecule has 1 heterocycles. The van der Waals surface area contributed by atoms with Crippen molar-refractivity contribution in [1.29, 1.82) is 0 Å². The molecule has 6 nitrogen and oxygen atoms in total. The normalized spacial score (nSPS) is 25.5. The number of hydrogen-bond donors (Lipinski definition) is 1. The highest BCUT2D eigenvalue weighted by Gasteiger charge is 2.55. The molecule has 1 spiro atoms. The van der Waals surface area contributed by atoms with Crippen molar-refractivity contribution in [2.75, 3.05) is 13.6 Å². The van der Waals surface area contributed by atoms with E-state index < -0.39 is 11.6 Å². The molecule has 0 bridgehead atoms. The van der Waals surface area contributed by atoms with Crippen molar-refractivity contribution in [2.24, 2.45) is 5.92 Å². The Hall–Kier alpha value is -2.37. The van der Waals surface area contributed by atoms with Crippen LogP contribution in [0.5, 0.6) is 0 Å². The van der Waals surface area contributed by atoms with E-state index in [0.29, 0.717) is 13.0 Å². The third-order valence-corrected chi connectivity index (χ3v) is 5.89. The number of urea groups is 1. The topological polar surface area (TPSA) is 69.7 Å². The van der Waals surface area contributed by atoms with Gasteiger partial charge in [-0.1, -0.05) is 44.0 Å². The summed E-state index contributed by atoms with van der Waals surface area (Å²) in [6.07, 6.45) is 3.57. The van der Waals surface area contributed by atoms with Gasteiger partial charge in [-0.05, 0) is 36.8 Å². The second kappa shape index (κ2) is 7.09. The van der Waals surface area contributed by atoms with E-state index >= 15 is 0 Å². The molecule has 140 valence electrons. The summed E-state index contributed by atoms with van der Waals surface area (Å²) >= 11 is 0. The van der Waals surface area contributed by atoms with E-state index in [1.165, 1.54) is 0 Å². The molecule has 0 unspecified atom stereocenters. The van der Waals surface area contributed by atoms with Crippen LogP contribution in [0.4, 0.5) is 4.79 Å². The summed E-state index contributed by atoms with van der Waals surface area (Å²) in [5.74, 6) is -0.387. The Morgan fingerprint density at radius 3 is 2.73 bits per heavy atom. The lowest BCUT2D eigenvalue weighted by Crippen LogP contribution is -2.54. The average Bonchev–Trinajstić information content (AvgIpc) is 2.84. The first-order chi connectivity index (χ1) is 12.3. The van der Waals surface area contributed by atoms with Crippen molar-refractivity contribution in [3.05, 3.63) is 35.4 Å². The van der Waals surface area contributed by atoms with Gasteiger partial charge in [0.2, 0.25) is 5.91 Å². The molecule has 3 rings (SSSR count). The van der Waals surface area contributed by atoms with Gasteiger partial charge in [0.25, 0.3) is 5.91 Å². The Balaban J connectivity index is 1.68. The molecule has 2 fully saturated rings. The molecular formula is C20H27N3O3. The first kappa shape index (κ1) is 18.4. The molecular weight excluding hydrogens is 330 g/mol. The zero-order chi connectivity index (χ0) is 18.9. The molecule has 0 radical (unpaired) electrons. The minimum atomic E-state index is -0.815. The summed E-state index contributed by atoms with van der Waals surface area (Å²) in [6, 6.07) is 7.43. The number of rotatable bonds is 4. The zero-order valence-corrected chi connectivity index (χ0v) is 15.7. The van der Waals surface area contributed by atoms with Crippen LogP contribution in [0.1, 0.15) is 43.7 Å². The summed E-state index contributed by atoms with van der Waals surface area (Å²) in [6.45, 7) is 4.25. The second-order valence-corrected chi connectivity index (χ2v) is 7.62. The molecule has 1 aromatic rings. The SMILES string of the molecule is Cc1ccccc1CN(C)C(=O)CN1C(=O)N[C@]2(CCCC[C@H]2C)C1=O. The molecule has 1 aliphatic carbocycles. The second-order valence-electron chi connectivity index (χ2n) is 7.62. The fourth-order valence-electron chi connectivity index (χ4n) is 4.03. The predicted molar refractivity (Wildman–Crippen MR) is 98.3 cm³/mol. The Labute approximate surface area is 154 Å². The van der Waals surface area contributed by atoms with Crippen molar-refractivity contribution in [1.82, 2.24) is 15.1 Å². The van der Waals surface area contributed by atoms with Crippen LogP contribution in [0.2, 0.25) is 0 Å². The maximum Gasteiger partial charge on any atom is 0.325 e. The lowest BCUT2D eigenvalue weighted by Gasteiger charge is -2.36. The molecule has 4 amide bonds. The van der Waals surface area contributed by atoms with Gasteiger partial charge in [-0.3, -0.25) is 14.5 Å². The Bertz CT molecular complexity index is 733. The quantitative estimate of drug-likeness (QED) is 0.842. The van der Waals surface area contributed by atoms with Crippen LogP contribution in [-0.4, -0.2) is 46.8 Å². The monoisotopic (exact) mass is 357 g/mol. The number of nitrogens with zero attached hydrogens (tertiary/aromatic N) is 2. The summed E-state index contributed by atoms with van der Waals surface area (Å²) in [4.78, 5) is 40.6. The molecule has 26 heavy (non-hydrogen) atoms. The molecule has 1 aliphatic heterocycles. The van der Waals surface area contributed by atoms with Crippen molar-refractivity contribution < 1.29 is 14.4 Å². The Morgan fingerprint density at radius 1 is 1.31 bits per heavy atom. The lowest BCUT2D eigenvalue weighted by molar-refractivity contribution is -0.140. The molecule has 1 N–H and O–H groups in total. The first-order valence-corrected chi connectivity index (χ1v) is 9.28. The van der Waals surface area contributed by atoms with E-state index in [1.54, 1.807) is 11.9 Å². The summed E-state index contributed by atoms with van der Waals surface area (Å²) in [7, 11) is 1.70. The summed E-state index contributed by atoms with van der Waals surface area (Å²) in [5, 5.41) is 2.89. The highest BCUT2D eigenvalue weighted by atomic mass is 16.2. The van der Waals surface area contributed by atoms with Crippen LogP contribution in [0.3, 0.4) is 0 Å². The number of hydrogen-bond acceptors (Lipinski definition) is 3. The third-order valence-electron chi connectivity index (χ3n) is 5.89. The number of amides is 4. The van der Waals surface area contributed by atoms with Crippen molar-refractivity contribution >= 4 is 17.8 Å². The van der Waals surface area contributed by atoms with Crippen LogP contribution >= 0.6 is 0 Å². The number of benzene rings is 1. The fourth-order valence-corrected chi connectivity index (χ4v) is 4.03. The van der Waals surface area contributed by atoms with Crippen molar-refractivity contribution in [3.8, 4) is 0 Å². The van der Waals surface area contributed by atoms with E-state index in [0.717, 1.165) is 35.3 Å². The van der Waals surface area contributed by atoms with Crippen LogP contribution in [-0.2, 0) is 16.1 Å². The van der Waals surface area contributed by atoms with E-state index in [1.807, 2.05) is 38.1 Å². The molecule has 1 aromatic carbocycles. The van der Waals surface area contributed by atoms with Crippen LogP contribution in [0, 0.1) is 12.8 Å². The van der Waals surface area contributed by atoms with Gasteiger partial charge < -0.3 is 10.2 Å². The van der Waals surface area contributed by atoms with E-state index in [9.17, 15) is 14.4 Å². The van der Waals surface area contributed by atoms with Gasteiger partial charge in [-0.25, -0.2) is 4.79 Å². The number of carbonyl (C=O) groups is 3. The highest BCUT2D eigenvalue weighted by molar-refractivity contribution is 6.09. The number of aryl methyl sites for hydroxylation is 1. The van der Waals surface area contributed by atoms with Gasteiger partial charge in [0, 0.05) is 13.6 Å². The maximum atomic E-state index is 12.9. The third kappa shape index (κ3) is 3.20. The molecule has 1 saturated carbocycles. The molecule has 2 aliphatic rings. The Morgan fingerprint density at radius 2 is 2.04 bits per heavy atom. The average molecular weight is 357 g/mol. The minimum Gasteiger partial charge on any atom is -0.340 e. The Kier molecular flexibility index (Phi) is 5.03. The van der Waals surface area contributed by atoms with Crippen LogP contribution in [0.15, 0.2) is 24.3 Å². The van der Waals surface area contributed by atoms with Gasteiger partial charge in [0.15, 0.2) is 0 Å².